The number of ether oxygens (including phenoxy) is 3. The van der Waals surface area contributed by atoms with E-state index >= 15 is 0 Å². The fourth-order valence-corrected chi connectivity index (χ4v) is 5.63. The average Bonchev–Trinajstić information content (AvgIpc) is 2.83. The number of rotatable bonds is 9. The van der Waals surface area contributed by atoms with Crippen molar-refractivity contribution in [3.63, 3.8) is 0 Å². The van der Waals surface area contributed by atoms with Crippen molar-refractivity contribution in [3.8, 4) is 17.2 Å². The van der Waals surface area contributed by atoms with Crippen LogP contribution in [0.1, 0.15) is 25.3 Å². The number of benzene rings is 2. The molecule has 0 atom stereocenters. The van der Waals surface area contributed by atoms with Gasteiger partial charge in [-0.05, 0) is 43.0 Å². The summed E-state index contributed by atoms with van der Waals surface area (Å²) in [6, 6.07) is 7.57. The third kappa shape index (κ3) is 5.05. The largest absolute Gasteiger partial charge is 0.493 e. The molecule has 0 aliphatic carbocycles. The molecule has 0 spiro atoms. The van der Waals surface area contributed by atoms with Gasteiger partial charge < -0.3 is 19.1 Å². The van der Waals surface area contributed by atoms with Gasteiger partial charge >= 0.3 is 0 Å². The number of nitrogens with zero attached hydrogens (tertiary/aromatic N) is 3. The Labute approximate surface area is 200 Å². The second kappa shape index (κ2) is 10.5. The lowest BCUT2D eigenvalue weighted by Gasteiger charge is -2.29. The third-order valence-electron chi connectivity index (χ3n) is 6.13. The van der Waals surface area contributed by atoms with E-state index in [1.807, 2.05) is 0 Å². The first-order valence-electron chi connectivity index (χ1n) is 10.9. The number of piperidine rings is 1. The summed E-state index contributed by atoms with van der Waals surface area (Å²) in [6.45, 7) is 3.17. The standard InChI is InChI=1S/C23H31N3O7S/c1-16-10-12-25(13-11-16)34(29,30)18-7-8-19(20(14-18)26(27)28)24(2)15-17-6-9-21(31-3)23(33-5)22(17)32-4/h6-9,14,16H,10-13,15H2,1-5H3. The van der Waals surface area contributed by atoms with Crippen LogP contribution in [0, 0.1) is 16.0 Å². The Morgan fingerprint density at radius 3 is 2.26 bits per heavy atom. The molecule has 1 heterocycles. The van der Waals surface area contributed by atoms with Crippen LogP contribution in [-0.2, 0) is 16.6 Å². The van der Waals surface area contributed by atoms with Crippen molar-refractivity contribution in [3.05, 3.63) is 46.0 Å². The quantitative estimate of drug-likeness (QED) is 0.384. The van der Waals surface area contributed by atoms with Gasteiger partial charge in [0.05, 0.1) is 31.1 Å². The van der Waals surface area contributed by atoms with Crippen molar-refractivity contribution in [2.75, 3.05) is 46.4 Å². The van der Waals surface area contributed by atoms with Gasteiger partial charge in [0.1, 0.15) is 5.69 Å². The molecular weight excluding hydrogens is 462 g/mol. The summed E-state index contributed by atoms with van der Waals surface area (Å²) >= 11 is 0. The number of methoxy groups -OCH3 is 3. The van der Waals surface area contributed by atoms with E-state index in [0.29, 0.717) is 36.3 Å². The van der Waals surface area contributed by atoms with Crippen LogP contribution in [-0.4, -0.2) is 59.1 Å². The molecule has 0 saturated carbocycles. The molecule has 0 bridgehead atoms. The Balaban J connectivity index is 1.94. The number of sulfonamides is 1. The van der Waals surface area contributed by atoms with Gasteiger partial charge in [0.2, 0.25) is 15.8 Å². The highest BCUT2D eigenvalue weighted by Gasteiger charge is 2.31. The highest BCUT2D eigenvalue weighted by molar-refractivity contribution is 7.89. The van der Waals surface area contributed by atoms with E-state index in [9.17, 15) is 18.5 Å². The molecule has 186 valence electrons. The molecule has 1 aliphatic heterocycles. The average molecular weight is 494 g/mol. The Morgan fingerprint density at radius 2 is 1.71 bits per heavy atom. The number of nitro groups is 1. The molecule has 0 radical (unpaired) electrons. The summed E-state index contributed by atoms with van der Waals surface area (Å²) < 4.78 is 43.8. The number of hydrogen-bond acceptors (Lipinski definition) is 8. The molecule has 1 saturated heterocycles. The molecular formula is C23H31N3O7S. The van der Waals surface area contributed by atoms with Crippen LogP contribution < -0.4 is 19.1 Å². The van der Waals surface area contributed by atoms with Crippen LogP contribution in [0.2, 0.25) is 0 Å². The van der Waals surface area contributed by atoms with E-state index in [2.05, 4.69) is 6.92 Å². The van der Waals surface area contributed by atoms with Gasteiger partial charge in [-0.15, -0.1) is 0 Å². The van der Waals surface area contributed by atoms with Crippen LogP contribution in [0.25, 0.3) is 0 Å². The first-order chi connectivity index (χ1) is 16.1. The van der Waals surface area contributed by atoms with Gasteiger partial charge in [0.15, 0.2) is 11.5 Å². The minimum absolute atomic E-state index is 0.0744. The van der Waals surface area contributed by atoms with E-state index in [1.54, 1.807) is 24.1 Å². The van der Waals surface area contributed by atoms with Crippen molar-refractivity contribution >= 4 is 21.4 Å². The minimum atomic E-state index is -3.81. The Morgan fingerprint density at radius 1 is 1.06 bits per heavy atom. The van der Waals surface area contributed by atoms with Crippen LogP contribution in [0.15, 0.2) is 35.2 Å². The molecule has 34 heavy (non-hydrogen) atoms. The van der Waals surface area contributed by atoms with E-state index in [-0.39, 0.29) is 22.8 Å². The highest BCUT2D eigenvalue weighted by Crippen LogP contribution is 2.41. The lowest BCUT2D eigenvalue weighted by molar-refractivity contribution is -0.384. The smallest absolute Gasteiger partial charge is 0.293 e. The first-order valence-corrected chi connectivity index (χ1v) is 12.4. The predicted octanol–water partition coefficient (Wildman–Crippen LogP) is 3.68. The highest BCUT2D eigenvalue weighted by atomic mass is 32.2. The molecule has 0 N–H and O–H groups in total. The zero-order valence-corrected chi connectivity index (χ0v) is 20.9. The number of nitro benzene ring substituents is 1. The first kappa shape index (κ1) is 25.6. The van der Waals surface area contributed by atoms with Crippen molar-refractivity contribution in [2.24, 2.45) is 5.92 Å². The Kier molecular flexibility index (Phi) is 7.88. The maximum absolute atomic E-state index is 13.1. The van der Waals surface area contributed by atoms with E-state index in [0.717, 1.165) is 24.5 Å². The van der Waals surface area contributed by atoms with Crippen LogP contribution in [0.4, 0.5) is 11.4 Å². The summed E-state index contributed by atoms with van der Waals surface area (Å²) in [5.41, 5.74) is 0.720. The van der Waals surface area contributed by atoms with Crippen molar-refractivity contribution in [2.45, 2.75) is 31.2 Å². The molecule has 11 heteroatoms. The summed E-state index contributed by atoms with van der Waals surface area (Å²) in [5.74, 6) is 1.83. The zero-order chi connectivity index (χ0) is 25.0. The normalized spacial score (nSPS) is 15.1. The van der Waals surface area contributed by atoms with Crippen LogP contribution >= 0.6 is 0 Å². The molecule has 0 aromatic heterocycles. The van der Waals surface area contributed by atoms with Gasteiger partial charge in [-0.2, -0.15) is 4.31 Å². The third-order valence-corrected chi connectivity index (χ3v) is 8.02. The molecule has 1 fully saturated rings. The minimum Gasteiger partial charge on any atom is -0.493 e. The van der Waals surface area contributed by atoms with Gasteiger partial charge in [-0.3, -0.25) is 10.1 Å². The number of anilines is 1. The number of hydrogen-bond donors (Lipinski definition) is 0. The van der Waals surface area contributed by atoms with E-state index < -0.39 is 14.9 Å². The van der Waals surface area contributed by atoms with E-state index in [4.69, 9.17) is 14.2 Å². The van der Waals surface area contributed by atoms with Gasteiger partial charge in [-0.1, -0.05) is 6.92 Å². The second-order valence-electron chi connectivity index (χ2n) is 8.34. The maximum atomic E-state index is 13.1. The fraction of sp³-hybridized carbons (Fsp3) is 0.478. The Bertz CT molecular complexity index is 1150. The lowest BCUT2D eigenvalue weighted by Crippen LogP contribution is -2.37. The lowest BCUT2D eigenvalue weighted by atomic mass is 10.0. The van der Waals surface area contributed by atoms with Gasteiger partial charge in [0.25, 0.3) is 5.69 Å². The SMILES string of the molecule is COc1ccc(CN(C)c2ccc(S(=O)(=O)N3CCC(C)CC3)cc2[N+](=O)[O-])c(OC)c1OC. The summed E-state index contributed by atoms with van der Waals surface area (Å²) in [7, 11) is 2.41. The predicted molar refractivity (Wildman–Crippen MR) is 128 cm³/mol. The second-order valence-corrected chi connectivity index (χ2v) is 10.3. The molecule has 0 amide bonds. The summed E-state index contributed by atoms with van der Waals surface area (Å²) in [5, 5.41) is 11.9. The van der Waals surface area contributed by atoms with Crippen molar-refractivity contribution < 1.29 is 27.6 Å². The zero-order valence-electron chi connectivity index (χ0n) is 20.1. The monoisotopic (exact) mass is 493 g/mol. The van der Waals surface area contributed by atoms with Gasteiger partial charge in [-0.25, -0.2) is 8.42 Å². The van der Waals surface area contributed by atoms with Crippen LogP contribution in [0.3, 0.4) is 0 Å². The molecule has 1 aliphatic rings. The van der Waals surface area contributed by atoms with E-state index in [1.165, 1.54) is 37.8 Å². The molecule has 2 aromatic rings. The van der Waals surface area contributed by atoms with Crippen molar-refractivity contribution in [1.82, 2.24) is 4.31 Å². The Hall–Kier alpha value is -3.05. The van der Waals surface area contributed by atoms with Gasteiger partial charge in [0, 0.05) is 38.3 Å². The molecule has 2 aromatic carbocycles. The topological polar surface area (TPSA) is 111 Å². The van der Waals surface area contributed by atoms with Crippen molar-refractivity contribution in [1.29, 1.82) is 0 Å². The molecule has 3 rings (SSSR count). The molecule has 0 unspecified atom stereocenters. The summed E-state index contributed by atoms with van der Waals surface area (Å²) in [6.07, 6.45) is 1.55. The maximum Gasteiger partial charge on any atom is 0.293 e. The fourth-order valence-electron chi connectivity index (χ4n) is 4.14. The molecule has 10 nitrogen and oxygen atoms in total. The van der Waals surface area contributed by atoms with Crippen LogP contribution in [0.5, 0.6) is 17.2 Å². The summed E-state index contributed by atoms with van der Waals surface area (Å²) in [4.78, 5) is 12.9.